The molecular weight excluding hydrogens is 218 g/mol. The number of hydrogen-bond acceptors (Lipinski definition) is 3. The van der Waals surface area contributed by atoms with Crippen LogP contribution in [0.25, 0.3) is 6.08 Å². The van der Waals surface area contributed by atoms with Gasteiger partial charge in [-0.15, -0.1) is 0 Å². The SMILES string of the molecule is C=Cc1ccc(CN=C(C(C)=O)C(=O)O)cc1. The monoisotopic (exact) mass is 231 g/mol. The number of carboxylic acid groups (broad SMARTS) is 1. The van der Waals surface area contributed by atoms with Crippen LogP contribution >= 0.6 is 0 Å². The van der Waals surface area contributed by atoms with Crippen molar-refractivity contribution in [3.05, 3.63) is 42.0 Å². The number of Topliss-reactive ketones (excluding diaryl/α,β-unsaturated/α-hetero) is 1. The van der Waals surface area contributed by atoms with Crippen molar-refractivity contribution in [2.45, 2.75) is 13.5 Å². The van der Waals surface area contributed by atoms with Gasteiger partial charge in [-0.05, 0) is 11.1 Å². The maximum absolute atomic E-state index is 11.0. The molecule has 0 aliphatic heterocycles. The average Bonchev–Trinajstić information content (AvgIpc) is 2.29. The van der Waals surface area contributed by atoms with Gasteiger partial charge in [-0.1, -0.05) is 36.9 Å². The smallest absolute Gasteiger partial charge is 0.357 e. The number of carbonyl (C=O) groups excluding carboxylic acids is 1. The molecule has 1 aromatic carbocycles. The normalized spacial score (nSPS) is 11.0. The van der Waals surface area contributed by atoms with Gasteiger partial charge in [0.2, 0.25) is 0 Å². The van der Waals surface area contributed by atoms with E-state index in [0.29, 0.717) is 0 Å². The van der Waals surface area contributed by atoms with Gasteiger partial charge < -0.3 is 5.11 Å². The summed E-state index contributed by atoms with van der Waals surface area (Å²) in [5.74, 6) is -1.83. The van der Waals surface area contributed by atoms with Gasteiger partial charge in [0.1, 0.15) is 0 Å². The molecule has 0 fully saturated rings. The first-order valence-corrected chi connectivity index (χ1v) is 5.04. The van der Waals surface area contributed by atoms with Crippen LogP contribution in [0.15, 0.2) is 35.8 Å². The lowest BCUT2D eigenvalue weighted by atomic mass is 10.1. The second-order valence-corrected chi connectivity index (χ2v) is 3.47. The molecule has 4 nitrogen and oxygen atoms in total. The predicted molar refractivity (Wildman–Crippen MR) is 66.0 cm³/mol. The minimum absolute atomic E-state index is 0.179. The van der Waals surface area contributed by atoms with Crippen molar-refractivity contribution in [3.8, 4) is 0 Å². The number of aliphatic carboxylic acids is 1. The van der Waals surface area contributed by atoms with Crippen molar-refractivity contribution < 1.29 is 14.7 Å². The zero-order valence-corrected chi connectivity index (χ0v) is 9.51. The molecule has 0 bridgehead atoms. The zero-order chi connectivity index (χ0) is 12.8. The number of benzene rings is 1. The highest BCUT2D eigenvalue weighted by molar-refractivity contribution is 6.63. The molecule has 0 aliphatic carbocycles. The Balaban J connectivity index is 2.83. The van der Waals surface area contributed by atoms with E-state index >= 15 is 0 Å². The Morgan fingerprint density at radius 1 is 1.35 bits per heavy atom. The number of nitrogens with zero attached hydrogens (tertiary/aromatic N) is 1. The Morgan fingerprint density at radius 3 is 2.35 bits per heavy atom. The summed E-state index contributed by atoms with van der Waals surface area (Å²) in [6, 6.07) is 7.35. The predicted octanol–water partition coefficient (Wildman–Crippen LogP) is 1.94. The van der Waals surface area contributed by atoms with Crippen molar-refractivity contribution in [3.63, 3.8) is 0 Å². The van der Waals surface area contributed by atoms with Gasteiger partial charge >= 0.3 is 5.97 Å². The molecule has 0 atom stereocenters. The van der Waals surface area contributed by atoms with E-state index in [0.717, 1.165) is 11.1 Å². The summed E-state index contributed by atoms with van der Waals surface area (Å²) in [6.07, 6.45) is 1.71. The van der Waals surface area contributed by atoms with Crippen molar-refractivity contribution >= 4 is 23.5 Å². The number of aliphatic imine (C=N–C) groups is 1. The second-order valence-electron chi connectivity index (χ2n) is 3.47. The van der Waals surface area contributed by atoms with Gasteiger partial charge in [0.15, 0.2) is 11.5 Å². The summed E-state index contributed by atoms with van der Waals surface area (Å²) in [7, 11) is 0. The van der Waals surface area contributed by atoms with Crippen molar-refractivity contribution in [2.75, 3.05) is 0 Å². The highest BCUT2D eigenvalue weighted by atomic mass is 16.4. The van der Waals surface area contributed by atoms with E-state index < -0.39 is 17.5 Å². The fourth-order valence-corrected chi connectivity index (χ4v) is 1.26. The lowest BCUT2D eigenvalue weighted by Crippen LogP contribution is -2.21. The molecule has 0 saturated carbocycles. The van der Waals surface area contributed by atoms with E-state index in [1.54, 1.807) is 6.08 Å². The molecule has 0 heterocycles. The molecular formula is C13H13NO3. The van der Waals surface area contributed by atoms with Crippen LogP contribution < -0.4 is 0 Å². The third-order valence-corrected chi connectivity index (χ3v) is 2.17. The van der Waals surface area contributed by atoms with Gasteiger partial charge in [-0.2, -0.15) is 0 Å². The van der Waals surface area contributed by atoms with Crippen molar-refractivity contribution in [1.82, 2.24) is 0 Å². The van der Waals surface area contributed by atoms with E-state index in [4.69, 9.17) is 5.11 Å². The third kappa shape index (κ3) is 3.68. The first-order valence-electron chi connectivity index (χ1n) is 5.04. The number of carboxylic acids is 1. The van der Waals surface area contributed by atoms with Crippen LogP contribution in [0.2, 0.25) is 0 Å². The van der Waals surface area contributed by atoms with E-state index in [2.05, 4.69) is 11.6 Å². The zero-order valence-electron chi connectivity index (χ0n) is 9.51. The molecule has 0 radical (unpaired) electrons. The lowest BCUT2D eigenvalue weighted by Gasteiger charge is -1.99. The van der Waals surface area contributed by atoms with Crippen molar-refractivity contribution in [1.29, 1.82) is 0 Å². The van der Waals surface area contributed by atoms with Crippen molar-refractivity contribution in [2.24, 2.45) is 4.99 Å². The summed E-state index contributed by atoms with van der Waals surface area (Å²) >= 11 is 0. The molecule has 0 unspecified atom stereocenters. The Morgan fingerprint density at radius 2 is 1.94 bits per heavy atom. The minimum Gasteiger partial charge on any atom is -0.476 e. The van der Waals surface area contributed by atoms with Crippen LogP contribution in [0, 0.1) is 0 Å². The Labute approximate surface area is 99.3 Å². The molecule has 1 rings (SSSR count). The minimum atomic E-state index is -1.29. The Bertz CT molecular complexity index is 456. The summed E-state index contributed by atoms with van der Waals surface area (Å²) in [6.45, 7) is 5.00. The van der Waals surface area contributed by atoms with Gasteiger partial charge in [0.05, 0.1) is 6.54 Å². The fraction of sp³-hybridized carbons (Fsp3) is 0.154. The summed E-state index contributed by atoms with van der Waals surface area (Å²) in [4.78, 5) is 25.5. The topological polar surface area (TPSA) is 66.7 Å². The molecule has 0 saturated heterocycles. The number of ketones is 1. The Hall–Kier alpha value is -2.23. The molecule has 0 amide bonds. The van der Waals surface area contributed by atoms with Crippen LogP contribution in [0.1, 0.15) is 18.1 Å². The summed E-state index contributed by atoms with van der Waals surface area (Å²) in [5, 5.41) is 8.74. The van der Waals surface area contributed by atoms with Gasteiger partial charge in [-0.25, -0.2) is 4.79 Å². The maximum Gasteiger partial charge on any atom is 0.357 e. The molecule has 0 aliphatic rings. The molecule has 1 aromatic rings. The van der Waals surface area contributed by atoms with Gasteiger partial charge in [0, 0.05) is 6.92 Å². The van der Waals surface area contributed by atoms with Crippen LogP contribution in [0.4, 0.5) is 0 Å². The third-order valence-electron chi connectivity index (χ3n) is 2.17. The molecule has 0 aromatic heterocycles. The maximum atomic E-state index is 11.0. The van der Waals surface area contributed by atoms with E-state index in [-0.39, 0.29) is 6.54 Å². The average molecular weight is 231 g/mol. The van der Waals surface area contributed by atoms with E-state index in [9.17, 15) is 9.59 Å². The van der Waals surface area contributed by atoms with Crippen LogP contribution in [0.5, 0.6) is 0 Å². The molecule has 1 N–H and O–H groups in total. The number of hydrogen-bond donors (Lipinski definition) is 1. The second kappa shape index (κ2) is 5.75. The lowest BCUT2D eigenvalue weighted by molar-refractivity contribution is -0.130. The molecule has 4 heteroatoms. The van der Waals surface area contributed by atoms with E-state index in [1.807, 2.05) is 24.3 Å². The first-order chi connectivity index (χ1) is 8.04. The van der Waals surface area contributed by atoms with Crippen LogP contribution in [-0.4, -0.2) is 22.6 Å². The van der Waals surface area contributed by atoms with Gasteiger partial charge in [-0.3, -0.25) is 9.79 Å². The van der Waals surface area contributed by atoms with E-state index in [1.165, 1.54) is 6.92 Å². The van der Waals surface area contributed by atoms with Crippen LogP contribution in [-0.2, 0) is 16.1 Å². The number of rotatable bonds is 5. The quantitative estimate of drug-likeness (QED) is 0.622. The van der Waals surface area contributed by atoms with Crippen LogP contribution in [0.3, 0.4) is 0 Å². The molecule has 88 valence electrons. The molecule has 17 heavy (non-hydrogen) atoms. The fourth-order valence-electron chi connectivity index (χ4n) is 1.26. The molecule has 0 spiro atoms. The summed E-state index contributed by atoms with van der Waals surface area (Å²) in [5.41, 5.74) is 1.40. The highest BCUT2D eigenvalue weighted by Crippen LogP contribution is 2.06. The summed E-state index contributed by atoms with van der Waals surface area (Å²) < 4.78 is 0. The number of carbonyl (C=O) groups is 2. The van der Waals surface area contributed by atoms with Gasteiger partial charge in [0.25, 0.3) is 0 Å². The largest absolute Gasteiger partial charge is 0.476 e. The first kappa shape index (κ1) is 12.8. The standard InChI is InChI=1S/C13H13NO3/c1-3-10-4-6-11(7-5-10)8-14-12(9(2)15)13(16)17/h3-7H,1,8H2,2H3,(H,16,17). The Kier molecular flexibility index (Phi) is 4.34. The highest BCUT2D eigenvalue weighted by Gasteiger charge is 2.13.